The third-order valence-electron chi connectivity index (χ3n) is 1.88. The van der Waals surface area contributed by atoms with E-state index in [-0.39, 0.29) is 0 Å². The van der Waals surface area contributed by atoms with Crippen molar-refractivity contribution < 1.29 is 0 Å². The lowest BCUT2D eigenvalue weighted by atomic mass is 10.3. The van der Waals surface area contributed by atoms with Crippen molar-refractivity contribution in [1.29, 1.82) is 0 Å². The molecule has 1 aromatic rings. The number of rotatable bonds is 0. The van der Waals surface area contributed by atoms with Gasteiger partial charge < -0.3 is 0 Å². The van der Waals surface area contributed by atoms with E-state index >= 15 is 0 Å². The minimum atomic E-state index is 1.19. The minimum absolute atomic E-state index is 1.19. The predicted octanol–water partition coefficient (Wildman–Crippen LogP) is 4.00. The molecule has 4 rings (SSSR count). The van der Waals surface area contributed by atoms with E-state index in [1.165, 1.54) is 20.0 Å². The van der Waals surface area contributed by atoms with Crippen molar-refractivity contribution in [2.24, 2.45) is 0 Å². The Morgan fingerprint density at radius 3 is 1.83 bits per heavy atom. The van der Waals surface area contributed by atoms with Gasteiger partial charge in [0.15, 0.2) is 0 Å². The summed E-state index contributed by atoms with van der Waals surface area (Å²) >= 11 is 7.97. The largest absolute Gasteiger partial charge is 0.114 e. The molecule has 0 amide bonds. The van der Waals surface area contributed by atoms with Crippen LogP contribution in [-0.2, 0) is 0 Å². The molecule has 0 aromatic heterocycles. The van der Waals surface area contributed by atoms with Gasteiger partial charge in [-0.3, -0.25) is 0 Å². The van der Waals surface area contributed by atoms with Crippen LogP contribution in [0.5, 0.6) is 0 Å². The third-order valence-corrected chi connectivity index (χ3v) is 6.88. The van der Waals surface area contributed by atoms with Crippen LogP contribution in [0.2, 0.25) is 0 Å². The second-order valence-electron chi connectivity index (χ2n) is 2.53. The van der Waals surface area contributed by atoms with Crippen LogP contribution in [0, 0.1) is 0 Å². The molecule has 0 nitrogen and oxygen atoms in total. The topological polar surface area (TPSA) is 0 Å². The number of benzene rings is 1. The van der Waals surface area contributed by atoms with Crippen LogP contribution in [0.4, 0.5) is 0 Å². The van der Waals surface area contributed by atoms with Crippen LogP contribution in [0.25, 0.3) is 0 Å². The van der Waals surface area contributed by atoms with Crippen molar-refractivity contribution in [2.45, 2.75) is 19.6 Å². The maximum absolute atomic E-state index is 2.28. The maximum Gasteiger partial charge on any atom is 0.0488 e. The number of fused-ring (bicyclic) bond motifs is 3. The van der Waals surface area contributed by atoms with Crippen molar-refractivity contribution in [2.75, 3.05) is 10.2 Å². The fraction of sp³-hybridized carbons (Fsp3) is 0.250. The summed E-state index contributed by atoms with van der Waals surface area (Å²) in [5, 5.41) is 2.40. The highest BCUT2D eigenvalue weighted by atomic mass is 32.2. The van der Waals surface area contributed by atoms with E-state index in [1.807, 2.05) is 47.0 Å². The summed E-state index contributed by atoms with van der Waals surface area (Å²) in [6.07, 6.45) is 0. The first kappa shape index (κ1) is 7.97. The average molecular weight is 230 g/mol. The molecular weight excluding hydrogens is 224 g/mol. The normalized spacial score (nSPS) is 19.3. The van der Waals surface area contributed by atoms with E-state index in [0.29, 0.717) is 0 Å². The van der Waals surface area contributed by atoms with E-state index in [4.69, 9.17) is 0 Å². The predicted molar refractivity (Wildman–Crippen MR) is 59.6 cm³/mol. The molecule has 2 bridgehead atoms. The lowest BCUT2D eigenvalue weighted by Crippen LogP contribution is -1.76. The summed E-state index contributed by atoms with van der Waals surface area (Å²) in [5.74, 6) is 0. The summed E-state index contributed by atoms with van der Waals surface area (Å²) in [5.41, 5.74) is 0. The highest BCUT2D eigenvalue weighted by Crippen LogP contribution is 2.53. The summed E-state index contributed by atoms with van der Waals surface area (Å²) in [6, 6.07) is 4.55. The zero-order valence-corrected chi connectivity index (χ0v) is 9.47. The summed E-state index contributed by atoms with van der Waals surface area (Å²) in [6.45, 7) is 0. The fourth-order valence-corrected chi connectivity index (χ4v) is 6.65. The minimum Gasteiger partial charge on any atom is -0.114 e. The lowest BCUT2D eigenvalue weighted by Gasteiger charge is -2.02. The molecule has 0 aliphatic carbocycles. The van der Waals surface area contributed by atoms with Gasteiger partial charge in [0, 0.05) is 29.8 Å². The lowest BCUT2D eigenvalue weighted by molar-refractivity contribution is 1.05. The van der Waals surface area contributed by atoms with E-state index in [2.05, 4.69) is 12.1 Å². The Bertz CT molecular complexity index is 303. The average Bonchev–Trinajstić information content (AvgIpc) is 2.40. The molecule has 3 aliphatic heterocycles. The number of thioether (sulfide) groups is 4. The molecular formula is C8H6S4. The van der Waals surface area contributed by atoms with Crippen LogP contribution in [-0.4, -0.2) is 10.2 Å². The second kappa shape index (κ2) is 3.08. The molecule has 62 valence electrons. The standard InChI is InChI=1S/C8H6S4/c1-2-6-8-7(11-4-12-8)5(1)9-3-10-6/h1-2H,3-4H2. The van der Waals surface area contributed by atoms with E-state index < -0.39 is 0 Å². The van der Waals surface area contributed by atoms with Gasteiger partial charge >= 0.3 is 0 Å². The molecule has 0 saturated heterocycles. The monoisotopic (exact) mass is 230 g/mol. The van der Waals surface area contributed by atoms with Crippen LogP contribution < -0.4 is 0 Å². The molecule has 0 unspecified atom stereocenters. The molecule has 3 heterocycles. The summed E-state index contributed by atoms with van der Waals surface area (Å²) < 4.78 is 0. The quantitative estimate of drug-likeness (QED) is 0.660. The molecule has 0 atom stereocenters. The fourth-order valence-electron chi connectivity index (χ4n) is 1.33. The Balaban J connectivity index is 2.29. The Hall–Kier alpha value is 0.620. The van der Waals surface area contributed by atoms with Crippen molar-refractivity contribution in [3.8, 4) is 0 Å². The van der Waals surface area contributed by atoms with Crippen molar-refractivity contribution in [1.82, 2.24) is 0 Å². The van der Waals surface area contributed by atoms with Gasteiger partial charge in [0.2, 0.25) is 0 Å². The van der Waals surface area contributed by atoms with Crippen LogP contribution in [0.15, 0.2) is 31.7 Å². The van der Waals surface area contributed by atoms with Gasteiger partial charge in [-0.2, -0.15) is 0 Å². The zero-order chi connectivity index (χ0) is 7.97. The third kappa shape index (κ3) is 1.12. The maximum atomic E-state index is 2.28. The van der Waals surface area contributed by atoms with Gasteiger partial charge in [0.1, 0.15) is 0 Å². The molecule has 0 spiro atoms. The van der Waals surface area contributed by atoms with Crippen LogP contribution >= 0.6 is 47.0 Å². The van der Waals surface area contributed by atoms with E-state index in [9.17, 15) is 0 Å². The SMILES string of the molecule is c1cc2c3c(c1SCS2)SCS3. The van der Waals surface area contributed by atoms with E-state index in [0.717, 1.165) is 0 Å². The van der Waals surface area contributed by atoms with Crippen molar-refractivity contribution >= 4 is 47.0 Å². The molecule has 3 aliphatic rings. The molecule has 0 saturated carbocycles. The Kier molecular flexibility index (Phi) is 2.05. The van der Waals surface area contributed by atoms with Crippen molar-refractivity contribution in [3.63, 3.8) is 0 Å². The van der Waals surface area contributed by atoms with Crippen LogP contribution in [0.1, 0.15) is 0 Å². The second-order valence-corrected chi connectivity index (χ2v) is 7.27. The van der Waals surface area contributed by atoms with Gasteiger partial charge in [-0.1, -0.05) is 0 Å². The Labute approximate surface area is 88.6 Å². The number of hydrogen-bond donors (Lipinski definition) is 0. The van der Waals surface area contributed by atoms with Gasteiger partial charge in [0.05, 0.1) is 0 Å². The molecule has 1 aromatic carbocycles. The molecule has 4 heteroatoms. The Morgan fingerprint density at radius 2 is 1.25 bits per heavy atom. The molecule has 0 N–H and O–H groups in total. The van der Waals surface area contributed by atoms with Gasteiger partial charge in [-0.25, -0.2) is 0 Å². The van der Waals surface area contributed by atoms with Gasteiger partial charge in [0.25, 0.3) is 0 Å². The van der Waals surface area contributed by atoms with Gasteiger partial charge in [-0.15, -0.1) is 47.0 Å². The molecule has 0 radical (unpaired) electrons. The first-order valence-corrected chi connectivity index (χ1v) is 7.57. The van der Waals surface area contributed by atoms with Gasteiger partial charge in [-0.05, 0) is 12.1 Å². The van der Waals surface area contributed by atoms with Crippen LogP contribution in [0.3, 0.4) is 0 Å². The first-order valence-electron chi connectivity index (χ1n) is 3.63. The molecule has 12 heavy (non-hydrogen) atoms. The van der Waals surface area contributed by atoms with Crippen molar-refractivity contribution in [3.05, 3.63) is 12.1 Å². The smallest absolute Gasteiger partial charge is 0.0488 e. The highest BCUT2D eigenvalue weighted by molar-refractivity contribution is 8.20. The summed E-state index contributed by atoms with van der Waals surface area (Å²) in [7, 11) is 0. The Morgan fingerprint density at radius 1 is 0.750 bits per heavy atom. The highest BCUT2D eigenvalue weighted by Gasteiger charge is 2.22. The first-order chi connectivity index (χ1) is 5.95. The molecule has 0 fully saturated rings. The summed E-state index contributed by atoms with van der Waals surface area (Å²) in [4.78, 5) is 6.09. The zero-order valence-electron chi connectivity index (χ0n) is 6.20. The number of hydrogen-bond acceptors (Lipinski definition) is 4. The van der Waals surface area contributed by atoms with E-state index in [1.54, 1.807) is 9.79 Å².